The lowest BCUT2D eigenvalue weighted by Crippen LogP contribution is -2.53. The van der Waals surface area contributed by atoms with Crippen LogP contribution in [0.5, 0.6) is 0 Å². The average molecular weight is 249 g/mol. The van der Waals surface area contributed by atoms with Crippen LogP contribution < -0.4 is 0 Å². The topological polar surface area (TPSA) is 87.1 Å². The summed E-state index contributed by atoms with van der Waals surface area (Å²) in [5.74, 6) is -0.770. The minimum Gasteiger partial charge on any atom is -0.467 e. The lowest BCUT2D eigenvalue weighted by atomic mass is 9.90. The van der Waals surface area contributed by atoms with Crippen molar-refractivity contribution in [3.05, 3.63) is 0 Å². The molecule has 0 bridgehead atoms. The molecule has 0 spiro atoms. The van der Waals surface area contributed by atoms with Gasteiger partial charge in [0.15, 0.2) is 0 Å². The molecule has 7 heteroatoms. The van der Waals surface area contributed by atoms with Gasteiger partial charge in [0.2, 0.25) is 0 Å². The zero-order chi connectivity index (χ0) is 13.1. The first-order chi connectivity index (χ1) is 7.97. The highest BCUT2D eigenvalue weighted by molar-refractivity contribution is 5.86. The van der Waals surface area contributed by atoms with Crippen LogP contribution in [0.3, 0.4) is 0 Å². The maximum absolute atomic E-state index is 13.4. The summed E-state index contributed by atoms with van der Waals surface area (Å²) in [6, 6.07) is 0. The van der Waals surface area contributed by atoms with Crippen LogP contribution in [0, 0.1) is 0 Å². The van der Waals surface area contributed by atoms with Gasteiger partial charge < -0.3 is 14.9 Å². The summed E-state index contributed by atoms with van der Waals surface area (Å²) in [7, 11) is 1.13. The van der Waals surface area contributed by atoms with Crippen molar-refractivity contribution in [2.45, 2.75) is 31.0 Å². The number of likely N-dealkylation sites (tertiary alicyclic amines) is 1. The van der Waals surface area contributed by atoms with E-state index >= 15 is 0 Å². The molecule has 6 nitrogen and oxygen atoms in total. The number of ether oxygens (including phenoxy) is 1. The number of esters is 1. The second kappa shape index (κ2) is 5.31. The van der Waals surface area contributed by atoms with E-state index in [-0.39, 0.29) is 32.4 Å². The largest absolute Gasteiger partial charge is 0.467 e. The van der Waals surface area contributed by atoms with Crippen molar-refractivity contribution < 1.29 is 28.9 Å². The minimum absolute atomic E-state index is 0.0584. The van der Waals surface area contributed by atoms with Gasteiger partial charge in [0.25, 0.3) is 0 Å². The zero-order valence-corrected chi connectivity index (χ0v) is 9.56. The molecule has 0 radical (unpaired) electrons. The average Bonchev–Trinajstić information content (AvgIpc) is 2.64. The van der Waals surface area contributed by atoms with E-state index in [0.29, 0.717) is 0 Å². The van der Waals surface area contributed by atoms with Crippen LogP contribution in [-0.4, -0.2) is 59.1 Å². The quantitative estimate of drug-likeness (QED) is 0.704. The Morgan fingerprint density at radius 1 is 1.59 bits per heavy atom. The summed E-state index contributed by atoms with van der Waals surface area (Å²) >= 11 is 0. The van der Waals surface area contributed by atoms with Crippen molar-refractivity contribution in [1.82, 2.24) is 4.90 Å². The van der Waals surface area contributed by atoms with E-state index in [9.17, 15) is 14.0 Å². The van der Waals surface area contributed by atoms with Gasteiger partial charge in [-0.05, 0) is 12.8 Å². The van der Waals surface area contributed by atoms with E-state index in [1.165, 1.54) is 0 Å². The van der Waals surface area contributed by atoms with E-state index < -0.39 is 23.8 Å². The zero-order valence-electron chi connectivity index (χ0n) is 9.56. The monoisotopic (exact) mass is 249 g/mol. The Hall–Kier alpha value is -1.37. The molecule has 1 saturated heterocycles. The molecule has 0 saturated carbocycles. The highest BCUT2D eigenvalue weighted by Crippen LogP contribution is 2.36. The Balaban J connectivity index is 3.01. The first kappa shape index (κ1) is 13.7. The molecule has 2 N–H and O–H groups in total. The van der Waals surface area contributed by atoms with Crippen molar-refractivity contribution in [3.8, 4) is 0 Å². The Labute approximate surface area is 98.0 Å². The summed E-state index contributed by atoms with van der Waals surface area (Å²) in [4.78, 5) is 23.5. The minimum atomic E-state index is -1.50. The van der Waals surface area contributed by atoms with Gasteiger partial charge in [0, 0.05) is 13.0 Å². The van der Waals surface area contributed by atoms with E-state index in [2.05, 4.69) is 4.74 Å². The number of rotatable bonds is 4. The Kier molecular flexibility index (Phi) is 4.28. The van der Waals surface area contributed by atoms with Gasteiger partial charge in [-0.25, -0.2) is 14.0 Å². The lowest BCUT2D eigenvalue weighted by molar-refractivity contribution is -0.153. The number of carboxylic acid groups (broad SMARTS) is 1. The first-order valence-electron chi connectivity index (χ1n) is 5.32. The third kappa shape index (κ3) is 2.49. The normalized spacial score (nSPS) is 28.2. The summed E-state index contributed by atoms with van der Waals surface area (Å²) in [6.07, 6.45) is -2.68. The van der Waals surface area contributed by atoms with Crippen LogP contribution in [-0.2, 0) is 9.53 Å². The van der Waals surface area contributed by atoms with Gasteiger partial charge >= 0.3 is 12.1 Å². The molecule has 98 valence electrons. The number of carbonyl (C=O) groups excluding carboxylic acids is 1. The molecule has 1 rings (SSSR count). The summed E-state index contributed by atoms with van der Waals surface area (Å²) < 4.78 is 17.9. The van der Waals surface area contributed by atoms with Gasteiger partial charge in [-0.2, -0.15) is 0 Å². The molecule has 0 aromatic rings. The van der Waals surface area contributed by atoms with Crippen LogP contribution in [0.2, 0.25) is 0 Å². The van der Waals surface area contributed by atoms with E-state index in [0.717, 1.165) is 12.0 Å². The lowest BCUT2D eigenvalue weighted by Gasteiger charge is -2.33. The molecule has 1 heterocycles. The molecule has 17 heavy (non-hydrogen) atoms. The molecular weight excluding hydrogens is 233 g/mol. The number of aliphatic hydroxyl groups is 1. The molecule has 0 unspecified atom stereocenters. The first-order valence-corrected chi connectivity index (χ1v) is 5.32. The van der Waals surface area contributed by atoms with E-state index in [1.54, 1.807) is 0 Å². The molecule has 0 aromatic carbocycles. The Morgan fingerprint density at radius 2 is 2.24 bits per heavy atom. The Morgan fingerprint density at radius 3 is 2.71 bits per heavy atom. The second-order valence-electron chi connectivity index (χ2n) is 4.04. The summed E-state index contributed by atoms with van der Waals surface area (Å²) in [5.41, 5.74) is -1.50. The number of amides is 1. The van der Waals surface area contributed by atoms with Gasteiger partial charge in [-0.1, -0.05) is 0 Å². The number of nitrogens with zero attached hydrogens (tertiary/aromatic N) is 1. The van der Waals surface area contributed by atoms with Crippen LogP contribution in [0.15, 0.2) is 0 Å². The number of methoxy groups -OCH3 is 1. The number of hydrogen-bond donors (Lipinski definition) is 2. The predicted molar refractivity (Wildman–Crippen MR) is 55.3 cm³/mol. The van der Waals surface area contributed by atoms with Crippen molar-refractivity contribution in [3.63, 3.8) is 0 Å². The summed E-state index contributed by atoms with van der Waals surface area (Å²) in [6.45, 7) is -0.529. The molecule has 0 aliphatic carbocycles. The maximum atomic E-state index is 13.4. The number of halogens is 1. The summed E-state index contributed by atoms with van der Waals surface area (Å²) in [5, 5.41) is 17.8. The Bertz CT molecular complexity index is 311. The third-order valence-electron chi connectivity index (χ3n) is 3.00. The van der Waals surface area contributed by atoms with Crippen LogP contribution in [0.25, 0.3) is 0 Å². The van der Waals surface area contributed by atoms with E-state index in [4.69, 9.17) is 10.2 Å². The molecule has 1 fully saturated rings. The molecule has 1 aliphatic rings. The fourth-order valence-corrected chi connectivity index (χ4v) is 2.27. The molecule has 1 amide bonds. The van der Waals surface area contributed by atoms with Crippen molar-refractivity contribution in [2.24, 2.45) is 0 Å². The highest BCUT2D eigenvalue weighted by atomic mass is 19.1. The van der Waals surface area contributed by atoms with Gasteiger partial charge in [0.05, 0.1) is 13.7 Å². The van der Waals surface area contributed by atoms with Gasteiger partial charge in [-0.15, -0.1) is 0 Å². The van der Waals surface area contributed by atoms with Crippen LogP contribution in [0.4, 0.5) is 9.18 Å². The SMILES string of the molecule is COC(=O)[C@]1(CCCO)C[C@H](F)CN1C(=O)O. The molecule has 0 aromatic heterocycles. The third-order valence-corrected chi connectivity index (χ3v) is 3.00. The fraction of sp³-hybridized carbons (Fsp3) is 0.800. The second-order valence-corrected chi connectivity index (χ2v) is 4.04. The molecular formula is C10H16FNO5. The highest BCUT2D eigenvalue weighted by Gasteiger charge is 2.54. The van der Waals surface area contributed by atoms with Crippen molar-refractivity contribution >= 4 is 12.1 Å². The maximum Gasteiger partial charge on any atom is 0.408 e. The van der Waals surface area contributed by atoms with Crippen molar-refractivity contribution in [2.75, 3.05) is 20.3 Å². The number of alkyl halides is 1. The van der Waals surface area contributed by atoms with Crippen LogP contribution in [0.1, 0.15) is 19.3 Å². The van der Waals surface area contributed by atoms with Gasteiger partial charge in [0.1, 0.15) is 11.7 Å². The van der Waals surface area contributed by atoms with Gasteiger partial charge in [-0.3, -0.25) is 4.90 Å². The van der Waals surface area contributed by atoms with Crippen molar-refractivity contribution in [1.29, 1.82) is 0 Å². The predicted octanol–water partition coefficient (Wildman–Crippen LogP) is 0.393. The molecule has 1 aliphatic heterocycles. The number of carbonyl (C=O) groups is 2. The number of hydrogen-bond acceptors (Lipinski definition) is 4. The smallest absolute Gasteiger partial charge is 0.408 e. The fourth-order valence-electron chi connectivity index (χ4n) is 2.27. The van der Waals surface area contributed by atoms with Crippen LogP contribution >= 0.6 is 0 Å². The number of aliphatic hydroxyl groups excluding tert-OH is 1. The standard InChI is InChI=1S/C10H16FNO5/c1-17-8(14)10(3-2-4-13)5-7(11)6-12(10)9(15)16/h7,13H,2-6H2,1H3,(H,15,16)/t7-,10-/m0/s1. The van der Waals surface area contributed by atoms with E-state index in [1.807, 2.05) is 0 Å². The molecule has 2 atom stereocenters.